The second-order valence-electron chi connectivity index (χ2n) is 6.20. The summed E-state index contributed by atoms with van der Waals surface area (Å²) in [6.07, 6.45) is 2.04. The van der Waals surface area contributed by atoms with Crippen LogP contribution in [0.1, 0.15) is 24.1 Å². The highest BCUT2D eigenvalue weighted by Gasteiger charge is 2.28. The van der Waals surface area contributed by atoms with Gasteiger partial charge in [-0.15, -0.1) is 0 Å². The Kier molecular flexibility index (Phi) is 4.93. The zero-order chi connectivity index (χ0) is 16.9. The van der Waals surface area contributed by atoms with Crippen LogP contribution in [-0.2, 0) is 4.79 Å². The van der Waals surface area contributed by atoms with Crippen LogP contribution in [0.2, 0.25) is 0 Å². The van der Waals surface area contributed by atoms with E-state index in [1.54, 1.807) is 0 Å². The smallest absolute Gasteiger partial charge is 0.224 e. The lowest BCUT2D eigenvalue weighted by atomic mass is 10.2. The number of benzene rings is 1. The lowest BCUT2D eigenvalue weighted by Crippen LogP contribution is -2.30. The van der Waals surface area contributed by atoms with E-state index in [0.29, 0.717) is 19.0 Å². The summed E-state index contributed by atoms with van der Waals surface area (Å²) < 4.78 is 0. The first-order valence-electron chi connectivity index (χ1n) is 8.31. The first-order valence-corrected chi connectivity index (χ1v) is 8.31. The molecule has 0 saturated heterocycles. The van der Waals surface area contributed by atoms with Crippen molar-refractivity contribution in [2.75, 3.05) is 23.7 Å². The number of hydrogen-bond donors (Lipinski definition) is 3. The third kappa shape index (κ3) is 4.68. The summed E-state index contributed by atoms with van der Waals surface area (Å²) in [5, 5.41) is 9.36. The molecule has 1 aromatic heterocycles. The van der Waals surface area contributed by atoms with Gasteiger partial charge in [0.05, 0.1) is 0 Å². The Morgan fingerprint density at radius 3 is 2.58 bits per heavy atom. The molecule has 1 aliphatic carbocycles. The third-order valence-corrected chi connectivity index (χ3v) is 3.83. The predicted octanol–water partition coefficient (Wildman–Crippen LogP) is 2.78. The van der Waals surface area contributed by atoms with E-state index in [0.717, 1.165) is 30.0 Å². The highest BCUT2D eigenvalue weighted by atomic mass is 16.2. The Morgan fingerprint density at radius 2 is 1.88 bits per heavy atom. The second-order valence-corrected chi connectivity index (χ2v) is 6.20. The van der Waals surface area contributed by atoms with Crippen LogP contribution in [0.25, 0.3) is 0 Å². The Labute approximate surface area is 142 Å². The fourth-order valence-electron chi connectivity index (χ4n) is 2.35. The van der Waals surface area contributed by atoms with E-state index in [1.165, 1.54) is 5.56 Å². The minimum atomic E-state index is 0.156. The Hall–Kier alpha value is -2.63. The van der Waals surface area contributed by atoms with Crippen molar-refractivity contribution in [3.63, 3.8) is 0 Å². The van der Waals surface area contributed by atoms with Crippen LogP contribution in [0.15, 0.2) is 30.3 Å². The van der Waals surface area contributed by atoms with Crippen LogP contribution in [0.5, 0.6) is 0 Å². The van der Waals surface area contributed by atoms with Crippen LogP contribution in [0, 0.1) is 19.8 Å². The SMILES string of the molecule is Cc1ccc(Nc2cc(C)nc(NCCNC(=O)C3CC3)n2)cc1. The normalized spacial score (nSPS) is 13.4. The highest BCUT2D eigenvalue weighted by Crippen LogP contribution is 2.28. The number of nitrogens with one attached hydrogen (secondary N) is 3. The van der Waals surface area contributed by atoms with E-state index in [1.807, 2.05) is 25.1 Å². The summed E-state index contributed by atoms with van der Waals surface area (Å²) >= 11 is 0. The summed E-state index contributed by atoms with van der Waals surface area (Å²) in [6.45, 7) is 5.17. The van der Waals surface area contributed by atoms with Gasteiger partial charge in [-0.05, 0) is 38.8 Å². The largest absolute Gasteiger partial charge is 0.354 e. The molecule has 2 aromatic rings. The molecular weight excluding hydrogens is 302 g/mol. The van der Waals surface area contributed by atoms with Gasteiger partial charge in [0.15, 0.2) is 0 Å². The van der Waals surface area contributed by atoms with E-state index in [9.17, 15) is 4.79 Å². The summed E-state index contributed by atoms with van der Waals surface area (Å²) in [7, 11) is 0. The molecule has 6 nitrogen and oxygen atoms in total. The molecule has 1 saturated carbocycles. The van der Waals surface area contributed by atoms with E-state index in [4.69, 9.17) is 0 Å². The molecule has 3 N–H and O–H groups in total. The Balaban J connectivity index is 1.54. The van der Waals surface area contributed by atoms with Gasteiger partial charge >= 0.3 is 0 Å². The molecule has 1 aliphatic rings. The minimum absolute atomic E-state index is 0.156. The summed E-state index contributed by atoms with van der Waals surface area (Å²) in [5.41, 5.74) is 3.08. The molecule has 24 heavy (non-hydrogen) atoms. The van der Waals surface area contributed by atoms with Crippen molar-refractivity contribution in [2.45, 2.75) is 26.7 Å². The summed E-state index contributed by atoms with van der Waals surface area (Å²) in [4.78, 5) is 20.4. The standard InChI is InChI=1S/C18H23N5O/c1-12-3-7-15(8-4-12)22-16-11-13(2)21-18(23-16)20-10-9-19-17(24)14-5-6-14/h3-4,7-8,11,14H,5-6,9-10H2,1-2H3,(H,19,24)(H2,20,21,22,23). The number of hydrogen-bond acceptors (Lipinski definition) is 5. The molecule has 6 heteroatoms. The molecule has 1 aromatic carbocycles. The molecule has 1 amide bonds. The maximum atomic E-state index is 11.6. The third-order valence-electron chi connectivity index (χ3n) is 3.83. The first kappa shape index (κ1) is 16.2. The number of carbonyl (C=O) groups excluding carboxylic acids is 1. The summed E-state index contributed by atoms with van der Waals surface area (Å²) in [5.74, 6) is 1.70. The van der Waals surface area contributed by atoms with Crippen molar-refractivity contribution >= 4 is 23.4 Å². The molecular formula is C18H23N5O. The lowest BCUT2D eigenvalue weighted by Gasteiger charge is -2.10. The number of nitrogens with zero attached hydrogens (tertiary/aromatic N) is 2. The zero-order valence-electron chi connectivity index (χ0n) is 14.1. The van der Waals surface area contributed by atoms with Crippen molar-refractivity contribution in [3.8, 4) is 0 Å². The monoisotopic (exact) mass is 325 g/mol. The maximum Gasteiger partial charge on any atom is 0.224 e. The first-order chi connectivity index (χ1) is 11.6. The number of anilines is 3. The Bertz CT molecular complexity index is 710. The van der Waals surface area contributed by atoms with E-state index in [-0.39, 0.29) is 11.8 Å². The van der Waals surface area contributed by atoms with E-state index in [2.05, 4.69) is 45.0 Å². The van der Waals surface area contributed by atoms with Gasteiger partial charge in [-0.1, -0.05) is 17.7 Å². The molecule has 0 unspecified atom stereocenters. The van der Waals surface area contributed by atoms with Gasteiger partial charge < -0.3 is 16.0 Å². The predicted molar refractivity (Wildman–Crippen MR) is 95.5 cm³/mol. The van der Waals surface area contributed by atoms with Crippen molar-refractivity contribution in [3.05, 3.63) is 41.6 Å². The quantitative estimate of drug-likeness (QED) is 0.682. The van der Waals surface area contributed by atoms with Gasteiger partial charge in [0.25, 0.3) is 0 Å². The number of amides is 1. The van der Waals surface area contributed by atoms with Crippen LogP contribution in [0.3, 0.4) is 0 Å². The fraction of sp³-hybridized carbons (Fsp3) is 0.389. The van der Waals surface area contributed by atoms with Crippen molar-refractivity contribution in [1.82, 2.24) is 15.3 Å². The maximum absolute atomic E-state index is 11.6. The molecule has 1 heterocycles. The van der Waals surface area contributed by atoms with Gasteiger partial charge in [-0.3, -0.25) is 4.79 Å². The minimum Gasteiger partial charge on any atom is -0.354 e. The molecule has 1 fully saturated rings. The molecule has 0 radical (unpaired) electrons. The molecule has 0 atom stereocenters. The second kappa shape index (κ2) is 7.29. The van der Waals surface area contributed by atoms with Crippen LogP contribution < -0.4 is 16.0 Å². The number of carbonyl (C=O) groups is 1. The average molecular weight is 325 g/mol. The van der Waals surface area contributed by atoms with Gasteiger partial charge in [-0.25, -0.2) is 4.98 Å². The van der Waals surface area contributed by atoms with Gasteiger partial charge in [0.1, 0.15) is 5.82 Å². The lowest BCUT2D eigenvalue weighted by molar-refractivity contribution is -0.122. The van der Waals surface area contributed by atoms with E-state index >= 15 is 0 Å². The topological polar surface area (TPSA) is 78.9 Å². The molecule has 0 aliphatic heterocycles. The summed E-state index contributed by atoms with van der Waals surface area (Å²) in [6, 6.07) is 10.1. The molecule has 126 valence electrons. The molecule has 0 bridgehead atoms. The number of rotatable bonds is 7. The molecule has 0 spiro atoms. The Morgan fingerprint density at radius 1 is 1.12 bits per heavy atom. The van der Waals surface area contributed by atoms with Crippen LogP contribution >= 0.6 is 0 Å². The van der Waals surface area contributed by atoms with Crippen molar-refractivity contribution in [1.29, 1.82) is 0 Å². The van der Waals surface area contributed by atoms with Crippen LogP contribution in [0.4, 0.5) is 17.5 Å². The van der Waals surface area contributed by atoms with E-state index < -0.39 is 0 Å². The van der Waals surface area contributed by atoms with Gasteiger partial charge in [0.2, 0.25) is 11.9 Å². The number of aryl methyl sites for hydroxylation is 2. The highest BCUT2D eigenvalue weighted by molar-refractivity contribution is 5.80. The number of aromatic nitrogens is 2. The van der Waals surface area contributed by atoms with Crippen LogP contribution in [-0.4, -0.2) is 29.0 Å². The van der Waals surface area contributed by atoms with Crippen molar-refractivity contribution in [2.24, 2.45) is 5.92 Å². The zero-order valence-corrected chi connectivity index (χ0v) is 14.1. The average Bonchev–Trinajstić information content (AvgIpc) is 3.38. The van der Waals surface area contributed by atoms with Gasteiger partial charge in [0, 0.05) is 36.5 Å². The van der Waals surface area contributed by atoms with Crippen molar-refractivity contribution < 1.29 is 4.79 Å². The van der Waals surface area contributed by atoms with Gasteiger partial charge in [-0.2, -0.15) is 4.98 Å². The molecule has 3 rings (SSSR count). The fourth-order valence-corrected chi connectivity index (χ4v) is 2.35.